The highest BCUT2D eigenvalue weighted by Crippen LogP contribution is 2.31. The van der Waals surface area contributed by atoms with Crippen LogP contribution in [0.1, 0.15) is 35.5 Å². The van der Waals surface area contributed by atoms with Gasteiger partial charge in [0.05, 0.1) is 18.6 Å². The molecule has 2 aromatic heterocycles. The summed E-state index contributed by atoms with van der Waals surface area (Å²) in [6, 6.07) is 10.1. The minimum absolute atomic E-state index is 0.0541. The molecule has 0 atom stereocenters. The van der Waals surface area contributed by atoms with Crippen LogP contribution in [0.3, 0.4) is 0 Å². The number of anilines is 2. The first-order valence-corrected chi connectivity index (χ1v) is 10.8. The van der Waals surface area contributed by atoms with Crippen LogP contribution >= 0.6 is 0 Å². The number of rotatable bonds is 5. The number of nitrogens with one attached hydrogen (secondary N) is 2. The zero-order valence-corrected chi connectivity index (χ0v) is 18.1. The van der Waals surface area contributed by atoms with E-state index in [0.717, 1.165) is 22.0 Å². The van der Waals surface area contributed by atoms with Gasteiger partial charge in [0.2, 0.25) is 11.9 Å². The number of aromatic nitrogens is 3. The maximum Gasteiger partial charge on any atom is 0.273 e. The van der Waals surface area contributed by atoms with Crippen molar-refractivity contribution in [2.45, 2.75) is 33.0 Å². The largest absolute Gasteiger partial charge is 0.365 e. The summed E-state index contributed by atoms with van der Waals surface area (Å²) >= 11 is 0. The van der Waals surface area contributed by atoms with Crippen molar-refractivity contribution in [1.29, 1.82) is 0 Å². The van der Waals surface area contributed by atoms with Gasteiger partial charge in [0.15, 0.2) is 0 Å². The fourth-order valence-corrected chi connectivity index (χ4v) is 4.09. The van der Waals surface area contributed by atoms with Crippen molar-refractivity contribution in [3.63, 3.8) is 0 Å². The summed E-state index contributed by atoms with van der Waals surface area (Å²) in [5, 5.41) is 7.28. The second-order valence-corrected chi connectivity index (χ2v) is 8.39. The summed E-state index contributed by atoms with van der Waals surface area (Å²) < 4.78 is 0. The molecule has 4 heterocycles. The molecule has 0 aliphatic carbocycles. The van der Waals surface area contributed by atoms with Crippen molar-refractivity contribution >= 4 is 34.5 Å². The van der Waals surface area contributed by atoms with Gasteiger partial charge in [-0.3, -0.25) is 14.6 Å². The van der Waals surface area contributed by atoms with Gasteiger partial charge in [-0.15, -0.1) is 0 Å². The van der Waals surface area contributed by atoms with Gasteiger partial charge in [-0.2, -0.15) is 4.98 Å². The van der Waals surface area contributed by atoms with Crippen LogP contribution in [0.4, 0.5) is 11.8 Å². The Labute approximate surface area is 185 Å². The molecule has 0 radical (unpaired) electrons. The van der Waals surface area contributed by atoms with Gasteiger partial charge >= 0.3 is 0 Å². The Hall–Kier alpha value is -3.75. The normalized spacial score (nSPS) is 16.0. The Morgan fingerprint density at radius 3 is 2.81 bits per heavy atom. The van der Waals surface area contributed by atoms with Crippen molar-refractivity contribution in [2.75, 3.05) is 29.9 Å². The zero-order valence-electron chi connectivity index (χ0n) is 18.1. The summed E-state index contributed by atoms with van der Waals surface area (Å²) in [6.45, 7) is 6.25. The number of nitrogens with zero attached hydrogens (tertiary/aromatic N) is 5. The van der Waals surface area contributed by atoms with Crippen molar-refractivity contribution in [3.8, 4) is 0 Å². The Bertz CT molecular complexity index is 1210. The summed E-state index contributed by atoms with van der Waals surface area (Å²) in [5.74, 6) is 0.847. The molecule has 0 spiro atoms. The molecule has 3 aromatic rings. The first kappa shape index (κ1) is 20.2. The predicted octanol–water partition coefficient (Wildman–Crippen LogP) is 1.94. The van der Waals surface area contributed by atoms with Crippen LogP contribution in [0.25, 0.3) is 10.9 Å². The molecule has 2 aliphatic heterocycles. The number of carbonyl (C=O) groups is 2. The number of benzene rings is 1. The van der Waals surface area contributed by atoms with Gasteiger partial charge in [0, 0.05) is 42.8 Å². The average Bonchev–Trinajstić information content (AvgIpc) is 3.14. The van der Waals surface area contributed by atoms with Gasteiger partial charge in [-0.1, -0.05) is 18.2 Å². The minimum Gasteiger partial charge on any atom is -0.365 e. The number of fused-ring (bicyclic) bond motifs is 2. The lowest BCUT2D eigenvalue weighted by atomic mass is 10.1. The lowest BCUT2D eigenvalue weighted by molar-refractivity contribution is -0.120. The molecular formula is C23H25N7O2. The summed E-state index contributed by atoms with van der Waals surface area (Å²) in [4.78, 5) is 42.3. The second kappa shape index (κ2) is 8.07. The van der Waals surface area contributed by atoms with Crippen molar-refractivity contribution in [1.82, 2.24) is 25.2 Å². The predicted molar refractivity (Wildman–Crippen MR) is 121 cm³/mol. The third kappa shape index (κ3) is 3.70. The van der Waals surface area contributed by atoms with Crippen LogP contribution < -0.4 is 15.5 Å². The molecule has 5 rings (SSSR count). The van der Waals surface area contributed by atoms with Gasteiger partial charge in [-0.25, -0.2) is 4.98 Å². The van der Waals surface area contributed by atoms with E-state index in [-0.39, 0.29) is 24.4 Å². The number of amides is 2. The van der Waals surface area contributed by atoms with E-state index in [0.29, 0.717) is 43.6 Å². The number of carbonyl (C=O) groups excluding carboxylic acids is 2. The Morgan fingerprint density at radius 1 is 1.16 bits per heavy atom. The molecular weight excluding hydrogens is 406 g/mol. The highest BCUT2D eigenvalue weighted by Gasteiger charge is 2.35. The number of piperazine rings is 1. The molecule has 2 amide bonds. The van der Waals surface area contributed by atoms with E-state index < -0.39 is 0 Å². The summed E-state index contributed by atoms with van der Waals surface area (Å²) in [5.41, 5.74) is 3.17. The maximum atomic E-state index is 13.0. The highest BCUT2D eigenvalue weighted by molar-refractivity contribution is 5.98. The fraction of sp³-hybridized carbons (Fsp3) is 0.348. The zero-order chi connectivity index (χ0) is 22.2. The van der Waals surface area contributed by atoms with E-state index in [1.807, 2.05) is 49.2 Å². The lowest BCUT2D eigenvalue weighted by Crippen LogP contribution is -2.48. The molecule has 2 N–H and O–H groups in total. The van der Waals surface area contributed by atoms with Crippen molar-refractivity contribution in [2.24, 2.45) is 0 Å². The average molecular weight is 432 g/mol. The third-order valence-corrected chi connectivity index (χ3v) is 5.84. The molecule has 1 aromatic carbocycles. The topological polar surface area (TPSA) is 103 Å². The molecule has 2 aliphatic rings. The number of para-hydroxylation sites is 1. The number of pyridine rings is 1. The Morgan fingerprint density at radius 2 is 2.00 bits per heavy atom. The van der Waals surface area contributed by atoms with E-state index >= 15 is 0 Å². The van der Waals surface area contributed by atoms with Gasteiger partial charge < -0.3 is 20.4 Å². The molecule has 0 unspecified atom stereocenters. The van der Waals surface area contributed by atoms with Gasteiger partial charge in [-0.05, 0) is 31.5 Å². The van der Waals surface area contributed by atoms with Crippen LogP contribution in [-0.2, 0) is 17.9 Å². The molecule has 1 saturated heterocycles. The summed E-state index contributed by atoms with van der Waals surface area (Å²) in [7, 11) is 0. The Balaban J connectivity index is 1.47. The molecule has 0 bridgehead atoms. The highest BCUT2D eigenvalue weighted by atomic mass is 16.2. The van der Waals surface area contributed by atoms with Crippen LogP contribution in [0, 0.1) is 0 Å². The van der Waals surface area contributed by atoms with Crippen molar-refractivity contribution in [3.05, 3.63) is 53.3 Å². The van der Waals surface area contributed by atoms with Gasteiger partial charge in [0.1, 0.15) is 11.5 Å². The molecule has 32 heavy (non-hydrogen) atoms. The molecule has 1 fully saturated rings. The van der Waals surface area contributed by atoms with E-state index in [4.69, 9.17) is 4.98 Å². The molecule has 0 saturated carbocycles. The second-order valence-electron chi connectivity index (χ2n) is 8.39. The Kier molecular flexibility index (Phi) is 5.08. The number of hydrogen-bond acceptors (Lipinski definition) is 7. The summed E-state index contributed by atoms with van der Waals surface area (Å²) in [6.07, 6.45) is 1.85. The van der Waals surface area contributed by atoms with E-state index in [1.165, 1.54) is 0 Å². The van der Waals surface area contributed by atoms with Gasteiger partial charge in [0.25, 0.3) is 5.91 Å². The first-order valence-electron chi connectivity index (χ1n) is 10.8. The molecule has 164 valence electrons. The monoisotopic (exact) mass is 431 g/mol. The van der Waals surface area contributed by atoms with Crippen LogP contribution in [0.15, 0.2) is 36.5 Å². The fourth-order valence-electron chi connectivity index (χ4n) is 4.09. The lowest BCUT2D eigenvalue weighted by Gasteiger charge is -2.27. The standard InChI is InChI=1S/C23H25N7O2/c1-14(2)30-12-17-20(22(30)32)27-23(29-8-7-24-19(31)13-29)28-21(17)26-11-15-9-16-5-3-4-6-18(16)25-10-15/h3-6,9-10,14H,7-8,11-13H2,1-2H3,(H,24,31)(H,26,27,28). The van der Waals surface area contributed by atoms with E-state index in [1.54, 1.807) is 4.90 Å². The molecule has 9 heteroatoms. The minimum atomic E-state index is -0.101. The maximum absolute atomic E-state index is 13.0. The van der Waals surface area contributed by atoms with Crippen LogP contribution in [0.5, 0.6) is 0 Å². The quantitative estimate of drug-likeness (QED) is 0.636. The molecule has 9 nitrogen and oxygen atoms in total. The van der Waals surface area contributed by atoms with E-state index in [9.17, 15) is 9.59 Å². The third-order valence-electron chi connectivity index (χ3n) is 5.84. The number of hydrogen-bond donors (Lipinski definition) is 2. The van der Waals surface area contributed by atoms with Crippen LogP contribution in [0.2, 0.25) is 0 Å². The first-order chi connectivity index (χ1) is 15.5. The van der Waals surface area contributed by atoms with E-state index in [2.05, 4.69) is 26.7 Å². The smallest absolute Gasteiger partial charge is 0.273 e. The SMILES string of the molecule is CC(C)N1Cc2c(NCc3cnc4ccccc4c3)nc(N3CCNC(=O)C3)nc2C1=O. The van der Waals surface area contributed by atoms with Crippen LogP contribution in [-0.4, -0.2) is 57.3 Å². The van der Waals surface area contributed by atoms with Crippen molar-refractivity contribution < 1.29 is 9.59 Å².